The van der Waals surface area contributed by atoms with Crippen LogP contribution in [0.1, 0.15) is 11.1 Å². The summed E-state index contributed by atoms with van der Waals surface area (Å²) < 4.78 is 1.40. The fourth-order valence-corrected chi connectivity index (χ4v) is 2.11. The third-order valence-electron chi connectivity index (χ3n) is 1.21. The van der Waals surface area contributed by atoms with Gasteiger partial charge in [-0.25, -0.2) is 0 Å². The standard InChI is InChI=1S/C8H10Te/c1-6-3-7(2)5-8(9)4-6/h3-5,9H,1-2H3. The molecule has 1 aromatic carbocycles. The molecule has 0 nitrogen and oxygen atoms in total. The molecule has 1 rings (SSSR count). The van der Waals surface area contributed by atoms with Crippen molar-refractivity contribution >= 4 is 25.9 Å². The van der Waals surface area contributed by atoms with E-state index in [1.807, 2.05) is 0 Å². The topological polar surface area (TPSA) is 0 Å². The van der Waals surface area contributed by atoms with Crippen LogP contribution in [0.2, 0.25) is 0 Å². The second-order valence-corrected chi connectivity index (χ2v) is 3.82. The fraction of sp³-hybridized carbons (Fsp3) is 0.250. The van der Waals surface area contributed by atoms with E-state index in [0.717, 1.165) is 0 Å². The molecule has 0 N–H and O–H groups in total. The second kappa shape index (κ2) is 2.73. The molecule has 0 unspecified atom stereocenters. The van der Waals surface area contributed by atoms with E-state index in [9.17, 15) is 0 Å². The number of aryl methyl sites for hydroxylation is 2. The maximum absolute atomic E-state index is 2.21. The van der Waals surface area contributed by atoms with Crippen LogP contribution in [0.4, 0.5) is 0 Å². The van der Waals surface area contributed by atoms with Crippen LogP contribution in [0.5, 0.6) is 0 Å². The molecule has 0 aliphatic carbocycles. The first kappa shape index (κ1) is 7.12. The van der Waals surface area contributed by atoms with E-state index in [2.05, 4.69) is 32.0 Å². The molecular formula is C8H10Te. The molecule has 0 saturated carbocycles. The summed E-state index contributed by atoms with van der Waals surface area (Å²) in [5.41, 5.74) is 2.73. The Kier molecular flexibility index (Phi) is 2.16. The van der Waals surface area contributed by atoms with Gasteiger partial charge in [-0.05, 0) is 0 Å². The fourth-order valence-electron chi connectivity index (χ4n) is 0.951. The zero-order valence-corrected chi connectivity index (χ0v) is 8.23. The van der Waals surface area contributed by atoms with Crippen molar-refractivity contribution in [2.24, 2.45) is 0 Å². The summed E-state index contributed by atoms with van der Waals surface area (Å²) in [5, 5.41) is 0. The third kappa shape index (κ3) is 2.01. The predicted molar refractivity (Wildman–Crippen MR) is 42.7 cm³/mol. The summed E-state index contributed by atoms with van der Waals surface area (Å²) in [4.78, 5) is 0. The van der Waals surface area contributed by atoms with Crippen LogP contribution in [0.25, 0.3) is 0 Å². The number of hydrogen-bond acceptors (Lipinski definition) is 0. The van der Waals surface area contributed by atoms with Crippen molar-refractivity contribution in [2.45, 2.75) is 13.8 Å². The molecule has 0 radical (unpaired) electrons. The van der Waals surface area contributed by atoms with Gasteiger partial charge in [0.05, 0.1) is 0 Å². The molecule has 1 heteroatoms. The van der Waals surface area contributed by atoms with Gasteiger partial charge in [0.25, 0.3) is 0 Å². The molecule has 0 amide bonds. The van der Waals surface area contributed by atoms with Crippen molar-refractivity contribution in [3.63, 3.8) is 0 Å². The van der Waals surface area contributed by atoms with E-state index >= 15 is 0 Å². The summed E-state index contributed by atoms with van der Waals surface area (Å²) in [6, 6.07) is 6.61. The first-order valence-corrected chi connectivity index (χ1v) is 4.23. The molecule has 0 saturated heterocycles. The molecule has 0 heterocycles. The van der Waals surface area contributed by atoms with Crippen LogP contribution in [0.15, 0.2) is 18.2 Å². The SMILES string of the molecule is Cc1cc(C)cc([TeH])c1. The Morgan fingerprint density at radius 1 is 1.00 bits per heavy atom. The summed E-state index contributed by atoms with van der Waals surface area (Å²) in [6.07, 6.45) is 0. The number of rotatable bonds is 0. The molecule has 1 aromatic rings. The van der Waals surface area contributed by atoms with Crippen molar-refractivity contribution in [1.82, 2.24) is 0 Å². The Bertz CT molecular complexity index is 165. The van der Waals surface area contributed by atoms with Crippen molar-refractivity contribution < 1.29 is 0 Å². The molecule has 0 spiro atoms. The summed E-state index contributed by atoms with van der Waals surface area (Å²) in [7, 11) is 0. The van der Waals surface area contributed by atoms with Gasteiger partial charge in [-0.15, -0.1) is 0 Å². The van der Waals surface area contributed by atoms with Crippen LogP contribution < -0.4 is 3.61 Å². The van der Waals surface area contributed by atoms with Crippen molar-refractivity contribution in [1.29, 1.82) is 0 Å². The molecule has 0 atom stereocenters. The summed E-state index contributed by atoms with van der Waals surface area (Å²) in [5.74, 6) is 0. The Hall–Kier alpha value is 0.00961. The minimum atomic E-state index is 1.37. The van der Waals surface area contributed by atoms with Gasteiger partial charge in [-0.2, -0.15) is 0 Å². The number of hydrogen-bond donors (Lipinski definition) is 0. The molecule has 9 heavy (non-hydrogen) atoms. The van der Waals surface area contributed by atoms with Crippen LogP contribution in [0.3, 0.4) is 0 Å². The van der Waals surface area contributed by atoms with E-state index in [1.165, 1.54) is 14.7 Å². The Morgan fingerprint density at radius 2 is 1.44 bits per heavy atom. The van der Waals surface area contributed by atoms with Crippen molar-refractivity contribution in [3.05, 3.63) is 29.3 Å². The first-order chi connectivity index (χ1) is 4.18. The number of benzene rings is 1. The summed E-state index contributed by atoms with van der Waals surface area (Å²) in [6.45, 7) is 4.27. The molecule has 0 aliphatic heterocycles. The zero-order chi connectivity index (χ0) is 6.85. The molecule has 0 fully saturated rings. The van der Waals surface area contributed by atoms with E-state index < -0.39 is 0 Å². The van der Waals surface area contributed by atoms with E-state index in [1.54, 1.807) is 22.3 Å². The molecule has 0 aliphatic rings. The average Bonchev–Trinajstić information content (AvgIpc) is 1.59. The van der Waals surface area contributed by atoms with Crippen LogP contribution in [0, 0.1) is 13.8 Å². The quantitative estimate of drug-likeness (QED) is 0.583. The Labute approximate surface area is 69.2 Å². The van der Waals surface area contributed by atoms with Gasteiger partial charge in [-0.3, -0.25) is 0 Å². The second-order valence-electron chi connectivity index (χ2n) is 2.35. The predicted octanol–water partition coefficient (Wildman–Crippen LogP) is 0.830. The summed E-state index contributed by atoms with van der Waals surface area (Å²) >= 11 is 1.78. The Morgan fingerprint density at radius 3 is 1.78 bits per heavy atom. The maximum atomic E-state index is 2.21. The van der Waals surface area contributed by atoms with Gasteiger partial charge < -0.3 is 0 Å². The Balaban J connectivity index is 3.17. The van der Waals surface area contributed by atoms with E-state index in [4.69, 9.17) is 0 Å². The van der Waals surface area contributed by atoms with Crippen molar-refractivity contribution in [2.75, 3.05) is 0 Å². The van der Waals surface area contributed by atoms with E-state index in [-0.39, 0.29) is 0 Å². The normalized spacial score (nSPS) is 9.67. The first-order valence-electron chi connectivity index (χ1n) is 2.96. The third-order valence-corrected chi connectivity index (χ3v) is 1.94. The molecular weight excluding hydrogens is 224 g/mol. The van der Waals surface area contributed by atoms with Crippen LogP contribution in [-0.2, 0) is 0 Å². The molecule has 0 aromatic heterocycles. The van der Waals surface area contributed by atoms with Gasteiger partial charge in [0, 0.05) is 0 Å². The van der Waals surface area contributed by atoms with Crippen molar-refractivity contribution in [3.8, 4) is 0 Å². The van der Waals surface area contributed by atoms with Crippen LogP contribution >= 0.6 is 0 Å². The van der Waals surface area contributed by atoms with Gasteiger partial charge in [0.15, 0.2) is 0 Å². The average molecular weight is 234 g/mol. The zero-order valence-electron chi connectivity index (χ0n) is 5.68. The van der Waals surface area contributed by atoms with Gasteiger partial charge in [-0.1, -0.05) is 0 Å². The minimum absolute atomic E-state index is 1.37. The molecule has 0 bridgehead atoms. The molecule has 48 valence electrons. The van der Waals surface area contributed by atoms with Crippen LogP contribution in [-0.4, -0.2) is 22.3 Å². The van der Waals surface area contributed by atoms with Gasteiger partial charge in [0.1, 0.15) is 0 Å². The van der Waals surface area contributed by atoms with Gasteiger partial charge >= 0.3 is 69.1 Å². The van der Waals surface area contributed by atoms with E-state index in [0.29, 0.717) is 0 Å². The monoisotopic (exact) mass is 236 g/mol. The van der Waals surface area contributed by atoms with Gasteiger partial charge in [0.2, 0.25) is 0 Å².